The van der Waals surface area contributed by atoms with E-state index >= 15 is 4.39 Å². The highest BCUT2D eigenvalue weighted by Gasteiger charge is 2.37. The van der Waals surface area contributed by atoms with E-state index in [4.69, 9.17) is 14.2 Å². The van der Waals surface area contributed by atoms with Crippen molar-refractivity contribution < 1.29 is 23.4 Å². The van der Waals surface area contributed by atoms with Crippen LogP contribution in [0.1, 0.15) is 37.8 Å². The molecule has 0 spiro atoms. The predicted molar refractivity (Wildman–Crippen MR) is 128 cm³/mol. The first-order valence-corrected chi connectivity index (χ1v) is 11.6. The molecule has 2 aliphatic rings. The third-order valence-corrected chi connectivity index (χ3v) is 6.23. The van der Waals surface area contributed by atoms with Gasteiger partial charge in [-0.05, 0) is 39.0 Å². The zero-order chi connectivity index (χ0) is 25.2. The number of anilines is 1. The number of nitrogens with zero attached hydrogens (tertiary/aromatic N) is 6. The number of rotatable bonds is 1. The Morgan fingerprint density at radius 3 is 2.67 bits per heavy atom. The first-order valence-electron chi connectivity index (χ1n) is 11.6. The average molecular weight is 493 g/mol. The molecule has 0 N–H and O–H groups in total. The minimum Gasteiger partial charge on any atom is -0.493 e. The van der Waals surface area contributed by atoms with E-state index in [0.29, 0.717) is 52.0 Å². The lowest BCUT2D eigenvalue weighted by Gasteiger charge is -2.29. The number of benzene rings is 1. The maximum Gasteiger partial charge on any atom is 0.416 e. The number of hydrogen-bond acceptors (Lipinski definition) is 7. The molecule has 0 saturated carbocycles. The largest absolute Gasteiger partial charge is 0.493 e. The topological polar surface area (TPSA) is 96.0 Å². The van der Waals surface area contributed by atoms with Crippen molar-refractivity contribution in [2.75, 3.05) is 18.1 Å². The van der Waals surface area contributed by atoms with Crippen molar-refractivity contribution in [1.29, 1.82) is 0 Å². The molecule has 0 radical (unpaired) electrons. The molecule has 5 heterocycles. The molecule has 10 nitrogen and oxygen atoms in total. The smallest absolute Gasteiger partial charge is 0.416 e. The Hall–Kier alpha value is -4.15. The van der Waals surface area contributed by atoms with Gasteiger partial charge in [-0.3, -0.25) is 9.30 Å². The van der Waals surface area contributed by atoms with Gasteiger partial charge in [-0.1, -0.05) is 0 Å². The molecule has 1 aromatic carbocycles. The normalized spacial score (nSPS) is 16.9. The summed E-state index contributed by atoms with van der Waals surface area (Å²) in [7, 11) is 1.87. The van der Waals surface area contributed by atoms with Gasteiger partial charge in [0, 0.05) is 24.4 Å². The van der Waals surface area contributed by atoms with E-state index in [1.54, 1.807) is 43.6 Å². The number of ether oxygens (including phenoxy) is 3. The molecule has 1 amide bonds. The van der Waals surface area contributed by atoms with Crippen LogP contribution in [-0.2, 0) is 18.3 Å². The standard InChI is InChI=1S/C25H25FN6O4/c1-25(2,3)36-24(33)31-8-16-17(26)5-6-19-21(16)14(10-34-19)11-35-20-7-15(18-9-30(4)12-27-18)22-29-28-13-32(22)23(20)31/h5-7,9,12-14H,8,10-11H2,1-4H3/t14-/m1/s1. The molecule has 3 aromatic heterocycles. The van der Waals surface area contributed by atoms with Crippen molar-refractivity contribution in [3.8, 4) is 22.8 Å². The van der Waals surface area contributed by atoms with E-state index < -0.39 is 17.5 Å². The van der Waals surface area contributed by atoms with Crippen LogP contribution < -0.4 is 14.4 Å². The zero-order valence-corrected chi connectivity index (χ0v) is 20.4. The molecule has 0 aliphatic carbocycles. The molecular weight excluding hydrogens is 467 g/mol. The highest BCUT2D eigenvalue weighted by molar-refractivity contribution is 5.91. The summed E-state index contributed by atoms with van der Waals surface area (Å²) < 4.78 is 36.7. The maximum absolute atomic E-state index is 15.3. The first kappa shape index (κ1) is 22.3. The summed E-state index contributed by atoms with van der Waals surface area (Å²) in [4.78, 5) is 19.4. The lowest BCUT2D eigenvalue weighted by molar-refractivity contribution is 0.0574. The molecule has 186 valence electrons. The number of hydrogen-bond donors (Lipinski definition) is 0. The second-order valence-corrected chi connectivity index (χ2v) is 10.0. The summed E-state index contributed by atoms with van der Waals surface area (Å²) in [5, 5.41) is 8.40. The van der Waals surface area contributed by atoms with Crippen molar-refractivity contribution in [1.82, 2.24) is 24.1 Å². The van der Waals surface area contributed by atoms with Gasteiger partial charge in [-0.15, -0.1) is 10.2 Å². The highest BCUT2D eigenvalue weighted by atomic mass is 19.1. The quantitative estimate of drug-likeness (QED) is 0.395. The Balaban J connectivity index is 1.60. The molecule has 6 rings (SSSR count). The van der Waals surface area contributed by atoms with Crippen LogP contribution in [-0.4, -0.2) is 49.1 Å². The van der Waals surface area contributed by atoms with Crippen molar-refractivity contribution in [3.05, 3.63) is 54.0 Å². The summed E-state index contributed by atoms with van der Waals surface area (Å²) in [5.74, 6) is 0.717. The van der Waals surface area contributed by atoms with E-state index in [9.17, 15) is 4.79 Å². The average Bonchev–Trinajstić information content (AvgIpc) is 3.55. The van der Waals surface area contributed by atoms with Crippen molar-refractivity contribution in [2.24, 2.45) is 7.05 Å². The summed E-state index contributed by atoms with van der Waals surface area (Å²) in [5.41, 5.74) is 2.13. The van der Waals surface area contributed by atoms with Crippen molar-refractivity contribution >= 4 is 17.6 Å². The van der Waals surface area contributed by atoms with Crippen LogP contribution in [0.3, 0.4) is 0 Å². The van der Waals surface area contributed by atoms with Gasteiger partial charge in [0.25, 0.3) is 0 Å². The molecule has 2 aliphatic heterocycles. The summed E-state index contributed by atoms with van der Waals surface area (Å²) in [6.07, 6.45) is 4.40. The number of fused-ring (bicyclic) bond motifs is 3. The third-order valence-electron chi connectivity index (χ3n) is 6.23. The number of carbonyl (C=O) groups is 1. The fraction of sp³-hybridized carbons (Fsp3) is 0.360. The van der Waals surface area contributed by atoms with Crippen molar-refractivity contribution in [3.63, 3.8) is 0 Å². The van der Waals surface area contributed by atoms with Gasteiger partial charge in [0.15, 0.2) is 17.2 Å². The number of imidazole rings is 1. The van der Waals surface area contributed by atoms with Crippen LogP contribution in [0.5, 0.6) is 11.5 Å². The number of carbonyl (C=O) groups excluding carboxylic acids is 1. The van der Waals surface area contributed by atoms with Crippen LogP contribution >= 0.6 is 0 Å². The predicted octanol–water partition coefficient (Wildman–Crippen LogP) is 4.08. The molecule has 0 saturated heterocycles. The second kappa shape index (κ2) is 7.94. The molecule has 36 heavy (non-hydrogen) atoms. The van der Waals surface area contributed by atoms with Crippen LogP contribution in [0.4, 0.5) is 15.0 Å². The fourth-order valence-electron chi connectivity index (χ4n) is 4.71. The molecule has 0 bridgehead atoms. The number of amides is 1. The number of aryl methyl sites for hydroxylation is 1. The molecule has 0 unspecified atom stereocenters. The Morgan fingerprint density at radius 2 is 1.94 bits per heavy atom. The number of pyridine rings is 1. The Morgan fingerprint density at radius 1 is 1.17 bits per heavy atom. The molecule has 4 aromatic rings. The molecular formula is C25H25FN6O4. The van der Waals surface area contributed by atoms with E-state index in [1.165, 1.54) is 17.3 Å². The number of aromatic nitrogens is 5. The van der Waals surface area contributed by atoms with Gasteiger partial charge < -0.3 is 18.8 Å². The van der Waals surface area contributed by atoms with Crippen LogP contribution in [0.25, 0.3) is 16.9 Å². The second-order valence-electron chi connectivity index (χ2n) is 10.0. The van der Waals surface area contributed by atoms with Gasteiger partial charge >= 0.3 is 6.09 Å². The lowest BCUT2D eigenvalue weighted by atomic mass is 9.95. The molecule has 0 fully saturated rings. The Kier molecular flexibility index (Phi) is 4.92. The van der Waals surface area contributed by atoms with Gasteiger partial charge in [0.05, 0.1) is 43.3 Å². The summed E-state index contributed by atoms with van der Waals surface area (Å²) in [6, 6.07) is 4.78. The minimum atomic E-state index is -0.778. The minimum absolute atomic E-state index is 0.0870. The SMILES string of the molecule is Cn1cnc(-c2cc3c(n4cnnc24)N(C(=O)OC(C)(C)C)Cc2c(F)ccc4c2[C@H](CO4)CO3)c1. The van der Waals surface area contributed by atoms with Gasteiger partial charge in [-0.25, -0.2) is 14.2 Å². The lowest BCUT2D eigenvalue weighted by Crippen LogP contribution is -2.38. The van der Waals surface area contributed by atoms with Crippen LogP contribution in [0, 0.1) is 5.82 Å². The van der Waals surface area contributed by atoms with E-state index in [2.05, 4.69) is 15.2 Å². The maximum atomic E-state index is 15.3. The summed E-state index contributed by atoms with van der Waals surface area (Å²) in [6.45, 7) is 5.84. The Labute approximate surface area is 206 Å². The van der Waals surface area contributed by atoms with E-state index in [1.807, 2.05) is 17.8 Å². The molecule has 11 heteroatoms. The van der Waals surface area contributed by atoms with Crippen molar-refractivity contribution in [2.45, 2.75) is 38.8 Å². The Bertz CT molecular complexity index is 1500. The van der Waals surface area contributed by atoms with Crippen LogP contribution in [0.2, 0.25) is 0 Å². The highest BCUT2D eigenvalue weighted by Crippen LogP contribution is 2.43. The van der Waals surface area contributed by atoms with E-state index in [0.717, 1.165) is 0 Å². The monoisotopic (exact) mass is 492 g/mol. The summed E-state index contributed by atoms with van der Waals surface area (Å²) >= 11 is 0. The van der Waals surface area contributed by atoms with Gasteiger partial charge in [0.2, 0.25) is 0 Å². The first-order chi connectivity index (χ1) is 17.2. The van der Waals surface area contributed by atoms with E-state index in [-0.39, 0.29) is 19.1 Å². The van der Waals surface area contributed by atoms with Gasteiger partial charge in [-0.2, -0.15) is 0 Å². The number of halogens is 1. The third kappa shape index (κ3) is 3.62. The van der Waals surface area contributed by atoms with Gasteiger partial charge in [0.1, 0.15) is 23.5 Å². The fourth-order valence-corrected chi connectivity index (χ4v) is 4.71. The molecule has 1 atom stereocenters. The zero-order valence-electron chi connectivity index (χ0n) is 20.4. The van der Waals surface area contributed by atoms with Crippen LogP contribution in [0.15, 0.2) is 37.1 Å².